The highest BCUT2D eigenvalue weighted by atomic mass is 35.5. The SMILES string of the molecule is CC1CCCC(C(=O)c2ccoc2Cl)C1. The first-order valence-corrected chi connectivity index (χ1v) is 5.83. The van der Waals surface area contributed by atoms with Gasteiger partial charge in [-0.25, -0.2) is 0 Å². The lowest BCUT2D eigenvalue weighted by Crippen LogP contribution is -2.21. The average molecular weight is 227 g/mol. The summed E-state index contributed by atoms with van der Waals surface area (Å²) in [6.45, 7) is 2.20. The number of ketones is 1. The molecule has 0 N–H and O–H groups in total. The molecular formula is C12H15ClO2. The van der Waals surface area contributed by atoms with Crippen molar-refractivity contribution in [2.75, 3.05) is 0 Å². The summed E-state index contributed by atoms with van der Waals surface area (Å²) < 4.78 is 4.95. The van der Waals surface area contributed by atoms with E-state index < -0.39 is 0 Å². The first kappa shape index (κ1) is 10.7. The maximum absolute atomic E-state index is 12.1. The van der Waals surface area contributed by atoms with Crippen LogP contribution in [0.4, 0.5) is 0 Å². The molecular weight excluding hydrogens is 212 g/mol. The zero-order chi connectivity index (χ0) is 10.8. The van der Waals surface area contributed by atoms with Crippen LogP contribution in [0.2, 0.25) is 5.22 Å². The Bertz CT molecular complexity index is 356. The molecule has 1 aromatic rings. The molecule has 1 aromatic heterocycles. The summed E-state index contributed by atoms with van der Waals surface area (Å²) in [5, 5.41) is 0.234. The summed E-state index contributed by atoms with van der Waals surface area (Å²) in [6.07, 6.45) is 5.84. The zero-order valence-electron chi connectivity index (χ0n) is 8.83. The van der Waals surface area contributed by atoms with E-state index >= 15 is 0 Å². The van der Waals surface area contributed by atoms with E-state index in [2.05, 4.69) is 6.92 Å². The lowest BCUT2D eigenvalue weighted by atomic mass is 9.79. The van der Waals surface area contributed by atoms with Crippen molar-refractivity contribution in [3.8, 4) is 0 Å². The van der Waals surface area contributed by atoms with Crippen molar-refractivity contribution in [1.82, 2.24) is 0 Å². The predicted molar refractivity (Wildman–Crippen MR) is 59.2 cm³/mol. The van der Waals surface area contributed by atoms with Crippen molar-refractivity contribution >= 4 is 17.4 Å². The molecule has 2 rings (SSSR count). The van der Waals surface area contributed by atoms with Gasteiger partial charge in [0, 0.05) is 5.92 Å². The molecule has 0 spiro atoms. The number of carbonyl (C=O) groups excluding carboxylic acids is 1. The van der Waals surface area contributed by atoms with E-state index in [9.17, 15) is 4.79 Å². The van der Waals surface area contributed by atoms with Crippen molar-refractivity contribution in [2.24, 2.45) is 11.8 Å². The molecule has 1 heterocycles. The number of furan rings is 1. The van der Waals surface area contributed by atoms with Gasteiger partial charge in [0.25, 0.3) is 0 Å². The largest absolute Gasteiger partial charge is 0.452 e. The number of hydrogen-bond acceptors (Lipinski definition) is 2. The number of halogens is 1. The average Bonchev–Trinajstić information content (AvgIpc) is 2.63. The van der Waals surface area contributed by atoms with Crippen LogP contribution in [-0.4, -0.2) is 5.78 Å². The molecule has 1 saturated carbocycles. The summed E-state index contributed by atoms with van der Waals surface area (Å²) in [6, 6.07) is 1.67. The third kappa shape index (κ3) is 2.25. The van der Waals surface area contributed by atoms with Gasteiger partial charge in [-0.15, -0.1) is 0 Å². The Morgan fingerprint density at radius 1 is 1.53 bits per heavy atom. The summed E-state index contributed by atoms with van der Waals surface area (Å²) in [7, 11) is 0. The van der Waals surface area contributed by atoms with Gasteiger partial charge in [0.1, 0.15) is 0 Å². The van der Waals surface area contributed by atoms with Gasteiger partial charge in [-0.1, -0.05) is 19.8 Å². The normalized spacial score (nSPS) is 26.5. The first-order chi connectivity index (χ1) is 7.18. The fourth-order valence-corrected chi connectivity index (χ4v) is 2.57. The monoisotopic (exact) mass is 226 g/mol. The van der Waals surface area contributed by atoms with Crippen molar-refractivity contribution in [1.29, 1.82) is 0 Å². The standard InChI is InChI=1S/C12H15ClO2/c1-8-3-2-4-9(7-8)11(14)10-5-6-15-12(10)13/h5-6,8-9H,2-4,7H2,1H3. The molecule has 15 heavy (non-hydrogen) atoms. The van der Waals surface area contributed by atoms with Gasteiger partial charge in [-0.05, 0) is 36.4 Å². The minimum Gasteiger partial charge on any atom is -0.452 e. The first-order valence-electron chi connectivity index (χ1n) is 5.45. The van der Waals surface area contributed by atoms with Crippen molar-refractivity contribution in [3.05, 3.63) is 23.1 Å². The highest BCUT2D eigenvalue weighted by Crippen LogP contribution is 2.32. The molecule has 0 radical (unpaired) electrons. The summed E-state index contributed by atoms with van der Waals surface area (Å²) in [5.41, 5.74) is 0.552. The molecule has 0 aromatic carbocycles. The maximum Gasteiger partial charge on any atom is 0.203 e. The van der Waals surface area contributed by atoms with Crippen LogP contribution in [0.3, 0.4) is 0 Å². The molecule has 1 fully saturated rings. The van der Waals surface area contributed by atoms with Crippen LogP contribution in [0.25, 0.3) is 0 Å². The fraction of sp³-hybridized carbons (Fsp3) is 0.583. The maximum atomic E-state index is 12.1. The highest BCUT2D eigenvalue weighted by molar-refractivity contribution is 6.32. The Labute approximate surface area is 94.6 Å². The highest BCUT2D eigenvalue weighted by Gasteiger charge is 2.27. The molecule has 0 aliphatic heterocycles. The molecule has 2 unspecified atom stereocenters. The molecule has 0 bridgehead atoms. The summed E-state index contributed by atoms with van der Waals surface area (Å²) in [5.74, 6) is 0.947. The van der Waals surface area contributed by atoms with E-state index in [0.29, 0.717) is 11.5 Å². The Kier molecular flexibility index (Phi) is 3.15. The van der Waals surface area contributed by atoms with Crippen LogP contribution in [0, 0.1) is 11.8 Å². The van der Waals surface area contributed by atoms with Gasteiger partial charge in [0.05, 0.1) is 11.8 Å². The molecule has 82 valence electrons. The smallest absolute Gasteiger partial charge is 0.203 e. The topological polar surface area (TPSA) is 30.2 Å². The van der Waals surface area contributed by atoms with Crippen LogP contribution in [-0.2, 0) is 0 Å². The molecule has 1 aliphatic carbocycles. The Morgan fingerprint density at radius 2 is 2.33 bits per heavy atom. The van der Waals surface area contributed by atoms with Crippen LogP contribution in [0.1, 0.15) is 43.0 Å². The van der Waals surface area contributed by atoms with Gasteiger partial charge in [0.15, 0.2) is 5.78 Å². The van der Waals surface area contributed by atoms with Crippen LogP contribution in [0.5, 0.6) is 0 Å². The lowest BCUT2D eigenvalue weighted by molar-refractivity contribution is 0.0868. The van der Waals surface area contributed by atoms with Crippen LogP contribution >= 0.6 is 11.6 Å². The summed E-state index contributed by atoms with van der Waals surface area (Å²) in [4.78, 5) is 12.1. The van der Waals surface area contributed by atoms with E-state index in [1.54, 1.807) is 6.07 Å². The number of rotatable bonds is 2. The molecule has 0 amide bonds. The Hall–Kier alpha value is -0.760. The summed E-state index contributed by atoms with van der Waals surface area (Å²) >= 11 is 5.80. The molecule has 2 atom stereocenters. The van der Waals surface area contributed by atoms with Gasteiger partial charge in [0.2, 0.25) is 5.22 Å². The second-order valence-electron chi connectivity index (χ2n) is 4.44. The van der Waals surface area contributed by atoms with E-state index in [1.807, 2.05) is 0 Å². The Morgan fingerprint density at radius 3 is 2.93 bits per heavy atom. The van der Waals surface area contributed by atoms with Gasteiger partial charge < -0.3 is 4.42 Å². The molecule has 0 saturated heterocycles. The van der Waals surface area contributed by atoms with Gasteiger partial charge >= 0.3 is 0 Å². The van der Waals surface area contributed by atoms with Gasteiger partial charge in [-0.3, -0.25) is 4.79 Å². The van der Waals surface area contributed by atoms with Crippen LogP contribution < -0.4 is 0 Å². The van der Waals surface area contributed by atoms with Crippen molar-refractivity contribution in [2.45, 2.75) is 32.6 Å². The molecule has 2 nitrogen and oxygen atoms in total. The van der Waals surface area contributed by atoms with E-state index in [0.717, 1.165) is 19.3 Å². The lowest BCUT2D eigenvalue weighted by Gasteiger charge is -2.25. The van der Waals surface area contributed by atoms with Crippen molar-refractivity contribution < 1.29 is 9.21 Å². The van der Waals surface area contributed by atoms with E-state index in [1.165, 1.54) is 12.7 Å². The fourth-order valence-electron chi connectivity index (χ4n) is 2.36. The minimum atomic E-state index is 0.142. The van der Waals surface area contributed by atoms with Crippen LogP contribution in [0.15, 0.2) is 16.7 Å². The number of Topliss-reactive ketones (excluding diaryl/α,β-unsaturated/α-hetero) is 1. The molecule has 1 aliphatic rings. The van der Waals surface area contributed by atoms with E-state index in [-0.39, 0.29) is 16.9 Å². The second kappa shape index (κ2) is 4.40. The third-order valence-corrected chi connectivity index (χ3v) is 3.48. The minimum absolute atomic E-state index is 0.142. The third-order valence-electron chi connectivity index (χ3n) is 3.19. The Balaban J connectivity index is 2.11. The number of hydrogen-bond donors (Lipinski definition) is 0. The number of carbonyl (C=O) groups is 1. The predicted octanol–water partition coefficient (Wildman–Crippen LogP) is 3.94. The second-order valence-corrected chi connectivity index (χ2v) is 4.78. The zero-order valence-corrected chi connectivity index (χ0v) is 9.59. The van der Waals surface area contributed by atoms with E-state index in [4.69, 9.17) is 16.0 Å². The van der Waals surface area contributed by atoms with Gasteiger partial charge in [-0.2, -0.15) is 0 Å². The molecule has 3 heteroatoms. The van der Waals surface area contributed by atoms with Crippen molar-refractivity contribution in [3.63, 3.8) is 0 Å². The quantitative estimate of drug-likeness (QED) is 0.715.